The standard InChI is InChI=1S/C20H23N3O3/c1-14(15-6-4-3-5-7-15)21-20(25)22-16-12-19(24)23(13-16)17-8-10-18(26-2)11-9-17/h3-11,14,16H,12-13H2,1-2H3,(H2,21,22,25). The van der Waals surface area contributed by atoms with E-state index in [9.17, 15) is 9.59 Å². The van der Waals surface area contributed by atoms with Gasteiger partial charge in [-0.05, 0) is 36.8 Å². The number of hydrogen-bond donors (Lipinski definition) is 2. The van der Waals surface area contributed by atoms with Crippen molar-refractivity contribution in [2.24, 2.45) is 0 Å². The molecular formula is C20H23N3O3. The zero-order valence-corrected chi connectivity index (χ0v) is 14.9. The first-order valence-corrected chi connectivity index (χ1v) is 8.63. The van der Waals surface area contributed by atoms with E-state index in [0.29, 0.717) is 13.0 Å². The van der Waals surface area contributed by atoms with Crippen LogP contribution in [0.25, 0.3) is 0 Å². The Morgan fingerprint density at radius 1 is 1.15 bits per heavy atom. The summed E-state index contributed by atoms with van der Waals surface area (Å²) in [6.45, 7) is 2.39. The minimum absolute atomic E-state index is 0.00317. The first kappa shape index (κ1) is 17.8. The van der Waals surface area contributed by atoms with Crippen molar-refractivity contribution in [1.29, 1.82) is 0 Å². The molecule has 0 saturated carbocycles. The van der Waals surface area contributed by atoms with Crippen LogP contribution in [0.5, 0.6) is 5.75 Å². The Kier molecular flexibility index (Phi) is 5.41. The van der Waals surface area contributed by atoms with Crippen LogP contribution in [0.3, 0.4) is 0 Å². The lowest BCUT2D eigenvalue weighted by atomic mass is 10.1. The highest BCUT2D eigenvalue weighted by Gasteiger charge is 2.31. The van der Waals surface area contributed by atoms with E-state index >= 15 is 0 Å². The molecule has 2 aromatic rings. The molecule has 1 aliphatic rings. The Morgan fingerprint density at radius 2 is 1.85 bits per heavy atom. The summed E-state index contributed by atoms with van der Waals surface area (Å²) >= 11 is 0. The molecule has 3 amide bonds. The highest BCUT2D eigenvalue weighted by Crippen LogP contribution is 2.24. The van der Waals surface area contributed by atoms with Crippen LogP contribution in [0.1, 0.15) is 24.9 Å². The summed E-state index contributed by atoms with van der Waals surface area (Å²) in [5.74, 6) is 0.737. The molecular weight excluding hydrogens is 330 g/mol. The first-order chi connectivity index (χ1) is 12.6. The summed E-state index contributed by atoms with van der Waals surface area (Å²) in [5.41, 5.74) is 1.84. The van der Waals surface area contributed by atoms with Gasteiger partial charge in [-0.25, -0.2) is 4.79 Å². The Bertz CT molecular complexity index is 762. The van der Waals surface area contributed by atoms with E-state index < -0.39 is 0 Å². The van der Waals surface area contributed by atoms with E-state index in [0.717, 1.165) is 17.0 Å². The van der Waals surface area contributed by atoms with Crippen molar-refractivity contribution in [3.05, 3.63) is 60.2 Å². The van der Waals surface area contributed by atoms with Crippen molar-refractivity contribution in [1.82, 2.24) is 10.6 Å². The van der Waals surface area contributed by atoms with Gasteiger partial charge in [0.25, 0.3) is 0 Å². The van der Waals surface area contributed by atoms with Crippen LogP contribution < -0.4 is 20.3 Å². The predicted molar refractivity (Wildman–Crippen MR) is 100 cm³/mol. The summed E-state index contributed by atoms with van der Waals surface area (Å²) in [6.07, 6.45) is 0.291. The van der Waals surface area contributed by atoms with E-state index in [1.807, 2.05) is 61.5 Å². The van der Waals surface area contributed by atoms with E-state index in [1.54, 1.807) is 12.0 Å². The van der Waals surface area contributed by atoms with Gasteiger partial charge in [-0.3, -0.25) is 4.79 Å². The number of hydrogen-bond acceptors (Lipinski definition) is 3. The largest absolute Gasteiger partial charge is 0.497 e. The minimum Gasteiger partial charge on any atom is -0.497 e. The molecule has 1 aliphatic heterocycles. The lowest BCUT2D eigenvalue weighted by Gasteiger charge is -2.19. The lowest BCUT2D eigenvalue weighted by Crippen LogP contribution is -2.44. The molecule has 0 aromatic heterocycles. The van der Waals surface area contributed by atoms with Gasteiger partial charge in [0, 0.05) is 18.7 Å². The van der Waals surface area contributed by atoms with Gasteiger partial charge in [0.05, 0.1) is 19.2 Å². The monoisotopic (exact) mass is 353 g/mol. The fourth-order valence-electron chi connectivity index (χ4n) is 3.06. The van der Waals surface area contributed by atoms with E-state index in [4.69, 9.17) is 4.74 Å². The van der Waals surface area contributed by atoms with Crippen molar-refractivity contribution < 1.29 is 14.3 Å². The molecule has 26 heavy (non-hydrogen) atoms. The van der Waals surface area contributed by atoms with Gasteiger partial charge in [-0.1, -0.05) is 30.3 Å². The molecule has 3 rings (SSSR count). The van der Waals surface area contributed by atoms with Crippen molar-refractivity contribution >= 4 is 17.6 Å². The second-order valence-corrected chi connectivity index (χ2v) is 6.35. The number of urea groups is 1. The van der Waals surface area contributed by atoms with E-state index in [2.05, 4.69) is 10.6 Å². The molecule has 0 aliphatic carbocycles. The van der Waals surface area contributed by atoms with Gasteiger partial charge in [0.1, 0.15) is 5.75 Å². The Balaban J connectivity index is 1.55. The third kappa shape index (κ3) is 4.14. The second kappa shape index (κ2) is 7.91. The fraction of sp³-hybridized carbons (Fsp3) is 0.300. The average molecular weight is 353 g/mol. The average Bonchev–Trinajstić information content (AvgIpc) is 3.02. The summed E-state index contributed by atoms with van der Waals surface area (Å²) in [5, 5.41) is 5.81. The second-order valence-electron chi connectivity index (χ2n) is 6.35. The molecule has 0 bridgehead atoms. The number of methoxy groups -OCH3 is 1. The number of anilines is 1. The van der Waals surface area contributed by atoms with Gasteiger partial charge in [0.2, 0.25) is 5.91 Å². The van der Waals surface area contributed by atoms with Crippen LogP contribution in [0.15, 0.2) is 54.6 Å². The molecule has 2 aromatic carbocycles. The number of amides is 3. The summed E-state index contributed by atoms with van der Waals surface area (Å²) in [6, 6.07) is 16.5. The molecule has 6 nitrogen and oxygen atoms in total. The Morgan fingerprint density at radius 3 is 2.50 bits per heavy atom. The third-order valence-corrected chi connectivity index (χ3v) is 4.49. The van der Waals surface area contributed by atoms with Crippen LogP contribution in [0, 0.1) is 0 Å². The van der Waals surface area contributed by atoms with Gasteiger partial charge >= 0.3 is 6.03 Å². The highest BCUT2D eigenvalue weighted by molar-refractivity contribution is 5.96. The number of carbonyl (C=O) groups is 2. The molecule has 6 heteroatoms. The fourth-order valence-corrected chi connectivity index (χ4v) is 3.06. The molecule has 1 saturated heterocycles. The minimum atomic E-state index is -0.268. The number of rotatable bonds is 5. The zero-order chi connectivity index (χ0) is 18.5. The van der Waals surface area contributed by atoms with Crippen LogP contribution in [0.2, 0.25) is 0 Å². The predicted octanol–water partition coefficient (Wildman–Crippen LogP) is 2.86. The zero-order valence-electron chi connectivity index (χ0n) is 14.9. The number of ether oxygens (including phenoxy) is 1. The maximum atomic E-state index is 12.3. The van der Waals surface area contributed by atoms with Gasteiger partial charge in [-0.15, -0.1) is 0 Å². The van der Waals surface area contributed by atoms with Crippen LogP contribution in [0.4, 0.5) is 10.5 Å². The number of nitrogens with one attached hydrogen (secondary N) is 2. The van der Waals surface area contributed by atoms with E-state index in [-0.39, 0.29) is 24.0 Å². The number of carbonyl (C=O) groups excluding carboxylic acids is 2. The highest BCUT2D eigenvalue weighted by atomic mass is 16.5. The summed E-state index contributed by atoms with van der Waals surface area (Å²) in [7, 11) is 1.60. The first-order valence-electron chi connectivity index (χ1n) is 8.63. The quantitative estimate of drug-likeness (QED) is 0.868. The maximum absolute atomic E-state index is 12.3. The molecule has 0 radical (unpaired) electrons. The molecule has 136 valence electrons. The molecule has 0 spiro atoms. The maximum Gasteiger partial charge on any atom is 0.315 e. The van der Waals surface area contributed by atoms with E-state index in [1.165, 1.54) is 0 Å². The Labute approximate surface area is 153 Å². The van der Waals surface area contributed by atoms with Crippen molar-refractivity contribution in [3.8, 4) is 5.75 Å². The third-order valence-electron chi connectivity index (χ3n) is 4.49. The summed E-state index contributed by atoms with van der Waals surface area (Å²) in [4.78, 5) is 26.2. The van der Waals surface area contributed by atoms with Crippen molar-refractivity contribution in [2.75, 3.05) is 18.6 Å². The SMILES string of the molecule is COc1ccc(N2CC(NC(=O)NC(C)c3ccccc3)CC2=O)cc1. The van der Waals surface area contributed by atoms with Gasteiger partial charge in [-0.2, -0.15) is 0 Å². The number of nitrogens with zero attached hydrogens (tertiary/aromatic N) is 1. The normalized spacial score (nSPS) is 17.7. The van der Waals surface area contributed by atoms with Crippen LogP contribution in [-0.2, 0) is 4.79 Å². The van der Waals surface area contributed by atoms with Gasteiger partial charge in [0.15, 0.2) is 0 Å². The molecule has 1 heterocycles. The van der Waals surface area contributed by atoms with Crippen LogP contribution >= 0.6 is 0 Å². The summed E-state index contributed by atoms with van der Waals surface area (Å²) < 4.78 is 5.14. The van der Waals surface area contributed by atoms with Crippen LogP contribution in [-0.4, -0.2) is 31.6 Å². The smallest absolute Gasteiger partial charge is 0.315 e. The topological polar surface area (TPSA) is 70.7 Å². The van der Waals surface area contributed by atoms with Crippen molar-refractivity contribution in [3.63, 3.8) is 0 Å². The molecule has 2 atom stereocenters. The van der Waals surface area contributed by atoms with Gasteiger partial charge < -0.3 is 20.3 Å². The molecule has 2 N–H and O–H groups in total. The Hall–Kier alpha value is -3.02. The molecule has 1 fully saturated rings. The molecule has 2 unspecified atom stereocenters. The number of benzene rings is 2. The lowest BCUT2D eigenvalue weighted by molar-refractivity contribution is -0.117. The van der Waals surface area contributed by atoms with Crippen molar-refractivity contribution in [2.45, 2.75) is 25.4 Å².